The van der Waals surface area contributed by atoms with Crippen molar-refractivity contribution in [1.82, 2.24) is 58.3 Å². The van der Waals surface area contributed by atoms with Crippen molar-refractivity contribution in [2.75, 3.05) is 88.4 Å². The van der Waals surface area contributed by atoms with E-state index in [1.165, 1.54) is 28.8 Å². The molecule has 15 rings (SSSR count). The van der Waals surface area contributed by atoms with Crippen LogP contribution in [0.3, 0.4) is 0 Å². The number of carbonyl (C=O) groups is 3. The molecule has 3 aromatic carbocycles. The number of halogens is 1. The summed E-state index contributed by atoms with van der Waals surface area (Å²) >= 11 is 0. The van der Waals surface area contributed by atoms with Crippen LogP contribution in [-0.2, 0) is 0 Å². The first-order valence-corrected chi connectivity index (χ1v) is 43.7. The highest BCUT2D eigenvalue weighted by molar-refractivity contribution is 5.96. The standard InChI is InChI=1S/C31H44N6O2.C31H43N5O4.C30H40FN5O2/c1-5-6-21(2)33-31-32-19-27-28(20-37(29(27)34-31)25-11-13-26(38)14-12-25)22-15-17-36(18-16-22)30(39)23-7-9-24(10-8-23)35(3)4;1-5-6-20(2)33-31-32-18-27-28(19-36(29(27)34-31)23-7-9-24(37)10-8-23)21-11-13-35(14-12-21)30(38)22-15-25(39-3)17-26(16-22)40-4;1-4-5-20(3)33-30-32-17-26-27(18-36(28(26)34-30)24-6-8-25(37)9-7-24)21-10-12-35(13-11-21)29(38)22-14-19(2)15-23(31)16-22/h7-10,19-22,25-26,38H,5-6,11-18H2,1-4H3,(H,32,33,34);15-21,23-24,37H,5-14H2,1-4H3,(H,32,33,34);14-18,20-21,24-25,37H,4-13H2,1-3H3,(H,32,33,34)/t21-,25?,26?;20-,23?,24?;20-,24?,25?/m000/s1. The number of carbonyl (C=O) groups excluding carboxylic acids is 3. The zero-order valence-corrected chi connectivity index (χ0v) is 71.0. The smallest absolute Gasteiger partial charge is 0.254 e. The fourth-order valence-electron chi connectivity index (χ4n) is 18.8. The molecule has 0 bridgehead atoms. The molecule has 3 saturated carbocycles. The third-order valence-electron chi connectivity index (χ3n) is 25.5. The molecular formula is C92H127FN16O8. The first-order valence-electron chi connectivity index (χ1n) is 43.7. The number of nitrogens with one attached hydrogen (secondary N) is 3. The van der Waals surface area contributed by atoms with E-state index in [9.17, 15) is 34.1 Å². The molecule has 9 aromatic rings. The Bertz CT molecular complexity index is 4740. The Morgan fingerprint density at radius 2 is 0.769 bits per heavy atom. The summed E-state index contributed by atoms with van der Waals surface area (Å²) in [5.41, 5.74) is 10.3. The van der Waals surface area contributed by atoms with E-state index in [-0.39, 0.29) is 41.9 Å². The molecule has 3 aliphatic heterocycles. The maximum absolute atomic E-state index is 13.9. The minimum Gasteiger partial charge on any atom is -0.497 e. The van der Waals surface area contributed by atoms with Crippen LogP contribution in [0.25, 0.3) is 33.1 Å². The lowest BCUT2D eigenvalue weighted by molar-refractivity contribution is 0.0705. The molecule has 6 aliphatic rings. The molecular weight excluding hydrogens is 1480 g/mol. The molecule has 3 atom stereocenters. The van der Waals surface area contributed by atoms with E-state index in [0.29, 0.717) is 121 Å². The van der Waals surface area contributed by atoms with Gasteiger partial charge in [-0.1, -0.05) is 40.0 Å². The number of benzene rings is 3. The van der Waals surface area contributed by atoms with E-state index in [0.717, 1.165) is 217 Å². The molecule has 117 heavy (non-hydrogen) atoms. The van der Waals surface area contributed by atoms with E-state index < -0.39 is 0 Å². The van der Waals surface area contributed by atoms with E-state index >= 15 is 0 Å². The lowest BCUT2D eigenvalue weighted by Gasteiger charge is -2.32. The number of aryl methyl sites for hydroxylation is 1. The van der Waals surface area contributed by atoms with Gasteiger partial charge in [-0.15, -0.1) is 0 Å². The summed E-state index contributed by atoms with van der Waals surface area (Å²) in [7, 11) is 7.20. The van der Waals surface area contributed by atoms with Gasteiger partial charge in [0.1, 0.15) is 34.3 Å². The quantitative estimate of drug-likeness (QED) is 0.0328. The van der Waals surface area contributed by atoms with Crippen LogP contribution in [0.4, 0.5) is 27.9 Å². The monoisotopic (exact) mass is 1600 g/mol. The van der Waals surface area contributed by atoms with Gasteiger partial charge in [0, 0.05) is 171 Å². The van der Waals surface area contributed by atoms with Crippen LogP contribution in [-0.4, -0.2) is 195 Å². The number of fused-ring (bicyclic) bond motifs is 3. The van der Waals surface area contributed by atoms with Crippen molar-refractivity contribution in [3.8, 4) is 11.5 Å². The normalized spacial score (nSPS) is 21.2. The number of ether oxygens (including phenoxy) is 2. The molecule has 9 heterocycles. The Balaban J connectivity index is 0.000000152. The summed E-state index contributed by atoms with van der Waals surface area (Å²) < 4.78 is 31.7. The number of hydrogen-bond acceptors (Lipinski definition) is 18. The SMILES string of the molecule is CCC[C@H](C)Nc1ncc2c(C3CCN(C(=O)c4cc(C)cc(F)c4)CC3)cn(C3CCC(O)CC3)c2n1.CCC[C@H](C)Nc1ncc2c(C3CCN(C(=O)c4cc(OC)cc(OC)c4)CC3)cn(C3CCC(O)CC3)c2n1.CCC[C@H](C)Nc1ncc2c(C3CCN(C(=O)c4ccc(N(C)C)cc4)CC3)cn(C3CCC(O)CC3)c2n1. The molecule has 6 fully saturated rings. The summed E-state index contributed by atoms with van der Waals surface area (Å²) in [6.45, 7) is 19.0. The van der Waals surface area contributed by atoms with Gasteiger partial charge in [0.05, 0.1) is 32.5 Å². The Hall–Kier alpha value is -9.46. The number of amides is 3. The maximum Gasteiger partial charge on any atom is 0.254 e. The Labute approximate surface area is 690 Å². The lowest BCUT2D eigenvalue weighted by atomic mass is 9.89. The molecule has 25 heteroatoms. The number of aliphatic hydroxyl groups is 3. The number of aromatic nitrogens is 9. The number of hydrogen-bond donors (Lipinski definition) is 6. The van der Waals surface area contributed by atoms with Crippen LogP contribution in [0, 0.1) is 12.7 Å². The number of anilines is 4. The highest BCUT2D eigenvalue weighted by Crippen LogP contribution is 2.44. The van der Waals surface area contributed by atoms with E-state index in [1.54, 1.807) is 38.5 Å². The second kappa shape index (κ2) is 39.4. The first-order chi connectivity index (χ1) is 56.5. The Morgan fingerprint density at radius 3 is 1.07 bits per heavy atom. The first kappa shape index (κ1) is 85.4. The van der Waals surface area contributed by atoms with Crippen LogP contribution >= 0.6 is 0 Å². The molecule has 630 valence electrons. The van der Waals surface area contributed by atoms with Gasteiger partial charge in [0.25, 0.3) is 17.7 Å². The van der Waals surface area contributed by atoms with Gasteiger partial charge in [-0.3, -0.25) is 14.4 Å². The van der Waals surface area contributed by atoms with Gasteiger partial charge in [-0.05, 0) is 257 Å². The molecule has 24 nitrogen and oxygen atoms in total. The highest BCUT2D eigenvalue weighted by atomic mass is 19.1. The average molecular weight is 1600 g/mol. The molecule has 0 unspecified atom stereocenters. The average Bonchev–Trinajstić information content (AvgIpc) is 1.63. The van der Waals surface area contributed by atoms with Gasteiger partial charge in [-0.2, -0.15) is 15.0 Å². The van der Waals surface area contributed by atoms with Gasteiger partial charge in [0.15, 0.2) is 0 Å². The fourth-order valence-corrected chi connectivity index (χ4v) is 18.8. The Kier molecular flexibility index (Phi) is 28.8. The van der Waals surface area contributed by atoms with Crippen LogP contribution in [0.1, 0.15) is 285 Å². The van der Waals surface area contributed by atoms with Crippen LogP contribution < -0.4 is 30.3 Å². The van der Waals surface area contributed by atoms with E-state index in [4.69, 9.17) is 34.4 Å². The van der Waals surface area contributed by atoms with E-state index in [2.05, 4.69) is 94.8 Å². The molecule has 3 amide bonds. The molecule has 6 N–H and O–H groups in total. The zero-order valence-electron chi connectivity index (χ0n) is 71.0. The third-order valence-corrected chi connectivity index (χ3v) is 25.5. The van der Waals surface area contributed by atoms with Crippen molar-refractivity contribution >= 4 is 74.4 Å². The predicted molar refractivity (Wildman–Crippen MR) is 462 cm³/mol. The molecule has 0 spiro atoms. The highest BCUT2D eigenvalue weighted by Gasteiger charge is 2.35. The topological polar surface area (TPSA) is 272 Å². The largest absolute Gasteiger partial charge is 0.497 e. The van der Waals surface area contributed by atoms with E-state index in [1.807, 2.05) is 83.5 Å². The van der Waals surface area contributed by atoms with Crippen LogP contribution in [0.15, 0.2) is 97.8 Å². The number of piperidine rings is 3. The van der Waals surface area contributed by atoms with Crippen LogP contribution in [0.2, 0.25) is 0 Å². The van der Waals surface area contributed by atoms with Crippen molar-refractivity contribution in [3.63, 3.8) is 0 Å². The number of nitrogens with zero attached hydrogens (tertiary/aromatic N) is 13. The minimum absolute atomic E-state index is 0.000842. The van der Waals surface area contributed by atoms with Crippen molar-refractivity contribution in [1.29, 1.82) is 0 Å². The molecule has 0 radical (unpaired) electrons. The number of aliphatic hydroxyl groups excluding tert-OH is 3. The fraction of sp³-hybridized carbons (Fsp3) is 0.576. The maximum atomic E-state index is 13.9. The van der Waals surface area contributed by atoms with Gasteiger partial charge in [-0.25, -0.2) is 19.3 Å². The second-order valence-electron chi connectivity index (χ2n) is 34.4. The summed E-state index contributed by atoms with van der Waals surface area (Å²) in [6, 6.07) is 19.6. The molecule has 6 aromatic heterocycles. The summed E-state index contributed by atoms with van der Waals surface area (Å²) in [4.78, 5) is 76.6. The van der Waals surface area contributed by atoms with Crippen molar-refractivity contribution in [2.24, 2.45) is 0 Å². The van der Waals surface area contributed by atoms with Crippen molar-refractivity contribution < 1.29 is 43.6 Å². The summed E-state index contributed by atoms with van der Waals surface area (Å²) in [6.07, 6.45) is 34.6. The zero-order chi connectivity index (χ0) is 82.6. The van der Waals surface area contributed by atoms with Crippen molar-refractivity contribution in [3.05, 3.63) is 143 Å². The van der Waals surface area contributed by atoms with Gasteiger partial charge < -0.3 is 74.0 Å². The molecule has 3 saturated heterocycles. The third kappa shape index (κ3) is 20.8. The van der Waals surface area contributed by atoms with Gasteiger partial charge in [0.2, 0.25) is 17.8 Å². The lowest BCUT2D eigenvalue weighted by Crippen LogP contribution is -2.38. The minimum atomic E-state index is -0.371. The summed E-state index contributed by atoms with van der Waals surface area (Å²) in [5.74, 6) is 3.86. The van der Waals surface area contributed by atoms with Gasteiger partial charge >= 0.3 is 0 Å². The number of methoxy groups -OCH3 is 2. The van der Waals surface area contributed by atoms with Crippen LogP contribution in [0.5, 0.6) is 11.5 Å². The van der Waals surface area contributed by atoms with Crippen molar-refractivity contribution in [2.45, 2.75) is 275 Å². The summed E-state index contributed by atoms with van der Waals surface area (Å²) in [5, 5.41) is 44.0. The molecule has 3 aliphatic carbocycles. The predicted octanol–water partition coefficient (Wildman–Crippen LogP) is 17.1. The Morgan fingerprint density at radius 1 is 0.453 bits per heavy atom. The number of likely N-dealkylation sites (tertiary alicyclic amines) is 3. The number of rotatable bonds is 24. The second-order valence-corrected chi connectivity index (χ2v) is 34.4.